The summed E-state index contributed by atoms with van der Waals surface area (Å²) in [5.41, 5.74) is 2.33. The molecule has 3 aromatic rings. The number of non-ortho nitro benzene ring substituents is 1. The van der Waals surface area contributed by atoms with Gasteiger partial charge in [-0.25, -0.2) is 0 Å². The minimum absolute atomic E-state index is 0.0230. The molecule has 0 radical (unpaired) electrons. The third kappa shape index (κ3) is 3.22. The van der Waals surface area contributed by atoms with E-state index in [2.05, 4.69) is 0 Å². The average molecular weight is 357 g/mol. The highest BCUT2D eigenvalue weighted by Crippen LogP contribution is 2.39. The van der Waals surface area contributed by atoms with E-state index in [-0.39, 0.29) is 11.5 Å². The first kappa shape index (κ1) is 16.7. The zero-order chi connectivity index (χ0) is 18.8. The Morgan fingerprint density at radius 2 is 1.67 bits per heavy atom. The molecular formula is C22H15NO4. The molecule has 1 heterocycles. The van der Waals surface area contributed by atoms with E-state index in [1.54, 1.807) is 36.4 Å². The molecule has 1 atom stereocenters. The maximum atomic E-state index is 13.1. The lowest BCUT2D eigenvalue weighted by atomic mass is 9.89. The van der Waals surface area contributed by atoms with E-state index in [1.165, 1.54) is 12.1 Å². The number of nitro benzene ring substituents is 1. The van der Waals surface area contributed by atoms with Crippen molar-refractivity contribution in [3.8, 4) is 5.75 Å². The van der Waals surface area contributed by atoms with Crippen LogP contribution in [-0.2, 0) is 0 Å². The fraction of sp³-hybridized carbons (Fsp3) is 0.0455. The number of ether oxygens (including phenoxy) is 1. The lowest BCUT2D eigenvalue weighted by Crippen LogP contribution is -2.23. The number of benzene rings is 3. The number of nitro groups is 1. The highest BCUT2D eigenvalue weighted by atomic mass is 16.6. The molecule has 1 aliphatic rings. The van der Waals surface area contributed by atoms with Crippen LogP contribution in [0.25, 0.3) is 6.08 Å². The molecule has 3 aromatic carbocycles. The number of hydrogen-bond acceptors (Lipinski definition) is 4. The molecular weight excluding hydrogens is 342 g/mol. The van der Waals surface area contributed by atoms with E-state index in [9.17, 15) is 14.9 Å². The molecule has 0 N–H and O–H groups in total. The highest BCUT2D eigenvalue weighted by molar-refractivity contribution is 6.14. The van der Waals surface area contributed by atoms with E-state index in [0.717, 1.165) is 5.56 Å². The smallest absolute Gasteiger partial charge is 0.270 e. The van der Waals surface area contributed by atoms with Crippen molar-refractivity contribution in [3.63, 3.8) is 0 Å². The summed E-state index contributed by atoms with van der Waals surface area (Å²) in [5, 5.41) is 11.1. The molecule has 132 valence electrons. The molecule has 0 spiro atoms. The SMILES string of the molecule is O=C1/C(=C/c2cccc([N+](=O)[O-])c2)[C@@H](c2ccccc2)Oc2ccccc21. The Kier molecular flexibility index (Phi) is 4.26. The molecule has 0 fully saturated rings. The number of fused-ring (bicyclic) bond motifs is 1. The molecule has 0 saturated heterocycles. The quantitative estimate of drug-likeness (QED) is 0.376. The van der Waals surface area contributed by atoms with Gasteiger partial charge in [0.05, 0.1) is 10.5 Å². The van der Waals surface area contributed by atoms with Gasteiger partial charge in [0.25, 0.3) is 5.69 Å². The maximum Gasteiger partial charge on any atom is 0.270 e. The van der Waals surface area contributed by atoms with Gasteiger partial charge in [0.2, 0.25) is 0 Å². The molecule has 4 rings (SSSR count). The van der Waals surface area contributed by atoms with Crippen molar-refractivity contribution in [3.05, 3.63) is 111 Å². The Balaban J connectivity index is 1.85. The minimum atomic E-state index is -0.576. The number of rotatable bonds is 3. The Morgan fingerprint density at radius 1 is 0.926 bits per heavy atom. The molecule has 0 aliphatic carbocycles. The second-order valence-electron chi connectivity index (χ2n) is 6.19. The molecule has 5 nitrogen and oxygen atoms in total. The number of carbonyl (C=O) groups excluding carboxylic acids is 1. The number of para-hydroxylation sites is 1. The second-order valence-corrected chi connectivity index (χ2v) is 6.19. The van der Waals surface area contributed by atoms with Gasteiger partial charge < -0.3 is 4.74 Å². The fourth-order valence-corrected chi connectivity index (χ4v) is 3.15. The van der Waals surface area contributed by atoms with E-state index >= 15 is 0 Å². The van der Waals surface area contributed by atoms with Crippen molar-refractivity contribution in [2.45, 2.75) is 6.10 Å². The molecule has 0 bridgehead atoms. The van der Waals surface area contributed by atoms with Gasteiger partial charge in [-0.1, -0.05) is 54.6 Å². The van der Waals surface area contributed by atoms with Crippen LogP contribution in [0.5, 0.6) is 5.75 Å². The molecule has 0 unspecified atom stereocenters. The summed E-state index contributed by atoms with van der Waals surface area (Å²) in [6.07, 6.45) is 1.09. The van der Waals surface area contributed by atoms with Crippen LogP contribution in [0.3, 0.4) is 0 Å². The molecule has 5 heteroatoms. The monoisotopic (exact) mass is 357 g/mol. The van der Waals surface area contributed by atoms with Crippen LogP contribution in [-0.4, -0.2) is 10.7 Å². The summed E-state index contributed by atoms with van der Waals surface area (Å²) >= 11 is 0. The molecule has 1 aliphatic heterocycles. The Morgan fingerprint density at radius 3 is 2.44 bits per heavy atom. The van der Waals surface area contributed by atoms with Gasteiger partial charge >= 0.3 is 0 Å². The van der Waals surface area contributed by atoms with Crippen LogP contribution < -0.4 is 4.74 Å². The lowest BCUT2D eigenvalue weighted by molar-refractivity contribution is -0.384. The van der Waals surface area contributed by atoms with Crippen molar-refractivity contribution in [2.24, 2.45) is 0 Å². The van der Waals surface area contributed by atoms with Crippen LogP contribution in [0.15, 0.2) is 84.4 Å². The number of carbonyl (C=O) groups is 1. The zero-order valence-corrected chi connectivity index (χ0v) is 14.2. The summed E-state index contributed by atoms with van der Waals surface area (Å²) in [5.74, 6) is 0.393. The molecule has 0 saturated carbocycles. The van der Waals surface area contributed by atoms with E-state index in [4.69, 9.17) is 4.74 Å². The first-order valence-corrected chi connectivity index (χ1v) is 8.45. The normalized spacial score (nSPS) is 17.3. The third-order valence-electron chi connectivity index (χ3n) is 4.43. The van der Waals surface area contributed by atoms with Crippen LogP contribution in [0.4, 0.5) is 5.69 Å². The number of Topliss-reactive ketones (excluding diaryl/α,β-unsaturated/α-hetero) is 1. The van der Waals surface area contributed by atoms with Gasteiger partial charge in [0.1, 0.15) is 5.75 Å². The van der Waals surface area contributed by atoms with Gasteiger partial charge in [0, 0.05) is 17.7 Å². The van der Waals surface area contributed by atoms with Crippen LogP contribution in [0, 0.1) is 10.1 Å². The third-order valence-corrected chi connectivity index (χ3v) is 4.43. The predicted molar refractivity (Wildman–Crippen MR) is 102 cm³/mol. The van der Waals surface area contributed by atoms with E-state index in [1.807, 2.05) is 36.4 Å². The number of hydrogen-bond donors (Lipinski definition) is 0. The van der Waals surface area contributed by atoms with Crippen molar-refractivity contribution < 1.29 is 14.5 Å². The van der Waals surface area contributed by atoms with Crippen molar-refractivity contribution in [2.75, 3.05) is 0 Å². The Labute approximate surface area is 155 Å². The summed E-state index contributed by atoms with van der Waals surface area (Å²) in [7, 11) is 0. The molecule has 0 aromatic heterocycles. The van der Waals surface area contributed by atoms with Crippen molar-refractivity contribution in [1.82, 2.24) is 0 Å². The Bertz CT molecular complexity index is 1060. The van der Waals surface area contributed by atoms with Gasteiger partial charge in [-0.2, -0.15) is 0 Å². The van der Waals surface area contributed by atoms with Gasteiger partial charge in [0.15, 0.2) is 11.9 Å². The summed E-state index contributed by atoms with van der Waals surface area (Å²) in [6, 6.07) is 22.8. The van der Waals surface area contributed by atoms with Crippen LogP contribution in [0.2, 0.25) is 0 Å². The van der Waals surface area contributed by atoms with Crippen molar-refractivity contribution in [1.29, 1.82) is 0 Å². The summed E-state index contributed by atoms with van der Waals surface area (Å²) < 4.78 is 6.13. The van der Waals surface area contributed by atoms with Crippen LogP contribution >= 0.6 is 0 Å². The first-order chi connectivity index (χ1) is 13.1. The van der Waals surface area contributed by atoms with Crippen molar-refractivity contribution >= 4 is 17.5 Å². The lowest BCUT2D eigenvalue weighted by Gasteiger charge is -2.28. The first-order valence-electron chi connectivity index (χ1n) is 8.45. The highest BCUT2D eigenvalue weighted by Gasteiger charge is 2.32. The topological polar surface area (TPSA) is 69.4 Å². The van der Waals surface area contributed by atoms with Crippen LogP contribution in [0.1, 0.15) is 27.6 Å². The summed E-state index contributed by atoms with van der Waals surface area (Å²) in [4.78, 5) is 23.7. The second kappa shape index (κ2) is 6.88. The van der Waals surface area contributed by atoms with E-state index < -0.39 is 11.0 Å². The number of ketones is 1. The van der Waals surface area contributed by atoms with Gasteiger partial charge in [-0.3, -0.25) is 14.9 Å². The fourth-order valence-electron chi connectivity index (χ4n) is 3.15. The van der Waals surface area contributed by atoms with Gasteiger partial charge in [-0.15, -0.1) is 0 Å². The molecule has 27 heavy (non-hydrogen) atoms. The minimum Gasteiger partial charge on any atom is -0.480 e. The largest absolute Gasteiger partial charge is 0.480 e. The standard InChI is InChI=1S/C22H15NO4/c24-21-18-11-4-5-12-20(18)27-22(16-8-2-1-3-9-16)19(21)14-15-7-6-10-17(13-15)23(25)26/h1-14,22H/b19-14-/t22-/m1/s1. The number of nitrogens with zero attached hydrogens (tertiary/aromatic N) is 1. The molecule has 0 amide bonds. The predicted octanol–water partition coefficient (Wildman–Crippen LogP) is 4.99. The summed E-state index contributed by atoms with van der Waals surface area (Å²) in [6.45, 7) is 0. The van der Waals surface area contributed by atoms with E-state index in [0.29, 0.717) is 22.4 Å². The zero-order valence-electron chi connectivity index (χ0n) is 14.2. The maximum absolute atomic E-state index is 13.1. The Hall–Kier alpha value is -3.73. The van der Waals surface area contributed by atoms with Gasteiger partial charge in [-0.05, 0) is 29.3 Å². The average Bonchev–Trinajstić information content (AvgIpc) is 2.71.